The van der Waals surface area contributed by atoms with Crippen molar-refractivity contribution in [3.63, 3.8) is 0 Å². The predicted molar refractivity (Wildman–Crippen MR) is 58.2 cm³/mol. The summed E-state index contributed by atoms with van der Waals surface area (Å²) in [5, 5.41) is 2.79. The predicted octanol–water partition coefficient (Wildman–Crippen LogP) is 2.82. The average Bonchev–Trinajstić information content (AvgIpc) is 2.50. The maximum Gasteiger partial charge on any atom is 0.288 e. The lowest BCUT2D eigenvalue weighted by Crippen LogP contribution is -2.25. The highest BCUT2D eigenvalue weighted by atomic mass is 79.9. The van der Waals surface area contributed by atoms with Gasteiger partial charge in [-0.2, -0.15) is 0 Å². The van der Waals surface area contributed by atoms with E-state index >= 15 is 0 Å². The number of nitrogens with one attached hydrogen (secondary N) is 1. The monoisotopic (exact) mass is 259 g/mol. The summed E-state index contributed by atoms with van der Waals surface area (Å²) in [6.45, 7) is 4.92. The van der Waals surface area contributed by atoms with Crippen LogP contribution in [0.5, 0.6) is 0 Å². The number of furan rings is 1. The molecule has 3 nitrogen and oxygen atoms in total. The van der Waals surface area contributed by atoms with E-state index < -0.39 is 0 Å². The third-order valence-corrected chi connectivity index (χ3v) is 2.46. The largest absolute Gasteiger partial charge is 0.458 e. The minimum absolute atomic E-state index is 0.164. The van der Waals surface area contributed by atoms with Crippen molar-refractivity contribution in [2.24, 2.45) is 5.92 Å². The molecule has 0 aliphatic heterocycles. The van der Waals surface area contributed by atoms with E-state index in [4.69, 9.17) is 4.42 Å². The smallest absolute Gasteiger partial charge is 0.288 e. The summed E-state index contributed by atoms with van der Waals surface area (Å²) in [6, 6.07) is 1.71. The summed E-state index contributed by atoms with van der Waals surface area (Å²) in [5.41, 5.74) is 0. The van der Waals surface area contributed by atoms with E-state index in [0.717, 1.165) is 6.42 Å². The molecule has 1 aromatic heterocycles. The second-order valence-corrected chi connectivity index (χ2v) is 4.39. The van der Waals surface area contributed by atoms with Crippen LogP contribution in [0.2, 0.25) is 0 Å². The van der Waals surface area contributed by atoms with E-state index in [2.05, 4.69) is 35.1 Å². The lowest BCUT2D eigenvalue weighted by atomic mass is 10.1. The highest BCUT2D eigenvalue weighted by Crippen LogP contribution is 2.16. The molecular weight excluding hydrogens is 246 g/mol. The first kappa shape index (κ1) is 11.3. The number of amides is 1. The first-order chi connectivity index (χ1) is 6.61. The zero-order chi connectivity index (χ0) is 10.6. The van der Waals surface area contributed by atoms with Crippen molar-refractivity contribution in [2.75, 3.05) is 6.54 Å². The molecule has 0 spiro atoms. The Morgan fingerprint density at radius 1 is 1.64 bits per heavy atom. The number of carbonyl (C=O) groups is 1. The molecule has 0 unspecified atom stereocenters. The van der Waals surface area contributed by atoms with Crippen LogP contribution in [-0.2, 0) is 0 Å². The van der Waals surface area contributed by atoms with Crippen molar-refractivity contribution >= 4 is 21.8 Å². The quantitative estimate of drug-likeness (QED) is 0.904. The highest BCUT2D eigenvalue weighted by Gasteiger charge is 2.12. The van der Waals surface area contributed by atoms with E-state index in [0.29, 0.717) is 22.7 Å². The molecule has 1 amide bonds. The first-order valence-corrected chi connectivity index (χ1v) is 5.41. The Hall–Kier alpha value is -0.770. The summed E-state index contributed by atoms with van der Waals surface area (Å²) >= 11 is 3.23. The fourth-order valence-corrected chi connectivity index (χ4v) is 1.39. The average molecular weight is 260 g/mol. The van der Waals surface area contributed by atoms with Crippen LogP contribution in [-0.4, -0.2) is 12.5 Å². The van der Waals surface area contributed by atoms with E-state index in [9.17, 15) is 4.79 Å². The Kier molecular flexibility index (Phi) is 4.20. The minimum Gasteiger partial charge on any atom is -0.458 e. The summed E-state index contributed by atoms with van der Waals surface area (Å²) in [5.74, 6) is 0.770. The molecule has 0 aliphatic rings. The number of hydrogen-bond donors (Lipinski definition) is 1. The molecule has 1 aromatic rings. The third-order valence-electron chi connectivity index (χ3n) is 1.83. The van der Waals surface area contributed by atoms with Gasteiger partial charge in [-0.1, -0.05) is 13.8 Å². The lowest BCUT2D eigenvalue weighted by molar-refractivity contribution is 0.0923. The van der Waals surface area contributed by atoms with Gasteiger partial charge in [-0.25, -0.2) is 0 Å². The number of carbonyl (C=O) groups excluding carboxylic acids is 1. The summed E-state index contributed by atoms with van der Waals surface area (Å²) in [7, 11) is 0. The lowest BCUT2D eigenvalue weighted by Gasteiger charge is -2.05. The van der Waals surface area contributed by atoms with Gasteiger partial charge in [0.2, 0.25) is 5.76 Å². The van der Waals surface area contributed by atoms with E-state index in [1.807, 2.05) is 0 Å². The third kappa shape index (κ3) is 3.18. The first-order valence-electron chi connectivity index (χ1n) is 4.62. The molecule has 0 aliphatic carbocycles. The molecule has 1 N–H and O–H groups in total. The minimum atomic E-state index is -0.164. The zero-order valence-corrected chi connectivity index (χ0v) is 9.93. The topological polar surface area (TPSA) is 42.2 Å². The van der Waals surface area contributed by atoms with Crippen LogP contribution in [0, 0.1) is 5.92 Å². The Bertz CT molecular complexity index is 307. The van der Waals surface area contributed by atoms with Gasteiger partial charge in [0, 0.05) is 6.54 Å². The second-order valence-electron chi connectivity index (χ2n) is 3.54. The molecule has 14 heavy (non-hydrogen) atoms. The molecule has 0 atom stereocenters. The fraction of sp³-hybridized carbons (Fsp3) is 0.500. The van der Waals surface area contributed by atoms with Gasteiger partial charge in [0.05, 0.1) is 10.7 Å². The van der Waals surface area contributed by atoms with Crippen LogP contribution in [0.15, 0.2) is 21.2 Å². The van der Waals surface area contributed by atoms with Crippen LogP contribution in [0.3, 0.4) is 0 Å². The van der Waals surface area contributed by atoms with Gasteiger partial charge in [0.15, 0.2) is 0 Å². The second kappa shape index (κ2) is 5.20. The zero-order valence-electron chi connectivity index (χ0n) is 8.34. The molecule has 1 heterocycles. The molecule has 78 valence electrons. The number of rotatable bonds is 4. The molecule has 0 bridgehead atoms. The van der Waals surface area contributed by atoms with E-state index in [-0.39, 0.29) is 5.91 Å². The van der Waals surface area contributed by atoms with Gasteiger partial charge >= 0.3 is 0 Å². The molecule has 1 rings (SSSR count). The van der Waals surface area contributed by atoms with E-state index in [1.165, 1.54) is 6.26 Å². The van der Waals surface area contributed by atoms with Crippen molar-refractivity contribution in [3.8, 4) is 0 Å². The fourth-order valence-electron chi connectivity index (χ4n) is 1.01. The molecule has 0 aromatic carbocycles. The molecule has 4 heteroatoms. The summed E-state index contributed by atoms with van der Waals surface area (Å²) < 4.78 is 5.72. The van der Waals surface area contributed by atoms with Gasteiger partial charge < -0.3 is 9.73 Å². The summed E-state index contributed by atoms with van der Waals surface area (Å²) in [6.07, 6.45) is 2.46. The van der Waals surface area contributed by atoms with Crippen molar-refractivity contribution in [1.82, 2.24) is 5.32 Å². The Balaban J connectivity index is 2.40. The van der Waals surface area contributed by atoms with Crippen LogP contribution in [0.25, 0.3) is 0 Å². The van der Waals surface area contributed by atoms with Crippen molar-refractivity contribution in [3.05, 3.63) is 22.6 Å². The Morgan fingerprint density at radius 3 is 2.86 bits per heavy atom. The van der Waals surface area contributed by atoms with Gasteiger partial charge in [0.1, 0.15) is 0 Å². The molecule has 0 saturated carbocycles. The van der Waals surface area contributed by atoms with Crippen molar-refractivity contribution in [2.45, 2.75) is 20.3 Å². The van der Waals surface area contributed by atoms with Gasteiger partial charge in [-0.15, -0.1) is 0 Å². The van der Waals surface area contributed by atoms with Crippen LogP contribution >= 0.6 is 15.9 Å². The van der Waals surface area contributed by atoms with Gasteiger partial charge in [-0.3, -0.25) is 4.79 Å². The van der Waals surface area contributed by atoms with E-state index in [1.54, 1.807) is 6.07 Å². The standard InChI is InChI=1S/C10H14BrNO2/c1-7(2)3-5-12-10(13)9-8(11)4-6-14-9/h4,6-7H,3,5H2,1-2H3,(H,12,13). The SMILES string of the molecule is CC(C)CCNC(=O)c1occc1Br. The highest BCUT2D eigenvalue weighted by molar-refractivity contribution is 9.10. The van der Waals surface area contributed by atoms with Crippen molar-refractivity contribution < 1.29 is 9.21 Å². The van der Waals surface area contributed by atoms with Crippen LogP contribution in [0.4, 0.5) is 0 Å². The Morgan fingerprint density at radius 2 is 2.36 bits per heavy atom. The Labute approximate surface area is 92.0 Å². The maximum atomic E-state index is 11.5. The number of halogens is 1. The molecular formula is C10H14BrNO2. The van der Waals surface area contributed by atoms with Gasteiger partial charge in [0.25, 0.3) is 5.91 Å². The molecule has 0 fully saturated rings. The summed E-state index contributed by atoms with van der Waals surface area (Å²) in [4.78, 5) is 11.5. The molecule has 0 saturated heterocycles. The van der Waals surface area contributed by atoms with Gasteiger partial charge in [-0.05, 0) is 34.3 Å². The number of hydrogen-bond acceptors (Lipinski definition) is 2. The maximum absolute atomic E-state index is 11.5. The van der Waals surface area contributed by atoms with Crippen molar-refractivity contribution in [1.29, 1.82) is 0 Å². The van der Waals surface area contributed by atoms with Crippen LogP contribution < -0.4 is 5.32 Å². The molecule has 0 radical (unpaired) electrons. The normalized spacial score (nSPS) is 10.6. The van der Waals surface area contributed by atoms with Crippen LogP contribution in [0.1, 0.15) is 30.8 Å².